The zero-order valence-electron chi connectivity index (χ0n) is 3.65. The molecule has 6 heavy (non-hydrogen) atoms. The van der Waals surface area contributed by atoms with Crippen molar-refractivity contribution in [2.75, 3.05) is 12.4 Å². The lowest BCUT2D eigenvalue weighted by atomic mass is 10.4. The average molecular weight is 108 g/mol. The van der Waals surface area contributed by atoms with Gasteiger partial charge in [-0.25, -0.2) is 0 Å². The molecular formula is C4H9FS. The normalized spacial score (nSPS) is 9.00. The predicted octanol–water partition coefficient (Wildman–Crippen LogP) is 1.67. The van der Waals surface area contributed by atoms with Gasteiger partial charge in [0.2, 0.25) is 0 Å². The lowest BCUT2D eigenvalue weighted by Crippen LogP contribution is -1.75. The number of alkyl halides is 1. The molecule has 0 amide bonds. The first-order chi connectivity index (χ1) is 2.91. The van der Waals surface area contributed by atoms with Crippen molar-refractivity contribution >= 4 is 12.6 Å². The Morgan fingerprint density at radius 3 is 2.17 bits per heavy atom. The largest absolute Gasteiger partial charge is 0.251 e. The fraction of sp³-hybridized carbons (Fsp3) is 1.00. The Morgan fingerprint density at radius 1 is 1.33 bits per heavy atom. The maximum atomic E-state index is 11.1. The van der Waals surface area contributed by atoms with E-state index in [9.17, 15) is 4.39 Å². The Labute approximate surface area is 43.2 Å². The molecule has 38 valence electrons. The molecule has 0 unspecified atom stereocenters. The van der Waals surface area contributed by atoms with Gasteiger partial charge in [-0.3, -0.25) is 4.39 Å². The molecule has 0 bridgehead atoms. The quantitative estimate of drug-likeness (QED) is 0.412. The van der Waals surface area contributed by atoms with Crippen molar-refractivity contribution in [2.24, 2.45) is 0 Å². The summed E-state index contributed by atoms with van der Waals surface area (Å²) in [6.45, 7) is -0.194. The monoisotopic (exact) mass is 108 g/mol. The standard InChI is InChI=1S/C4H9FS/c5-3-1-2-4-6/h6H,1-4H2. The Hall–Kier alpha value is 0.280. The van der Waals surface area contributed by atoms with Crippen LogP contribution < -0.4 is 0 Å². The van der Waals surface area contributed by atoms with E-state index in [1.165, 1.54) is 0 Å². The summed E-state index contributed by atoms with van der Waals surface area (Å²) in [7, 11) is 0. The number of thiol groups is 1. The summed E-state index contributed by atoms with van der Waals surface area (Å²) in [6, 6.07) is 0. The van der Waals surface area contributed by atoms with Gasteiger partial charge in [0.15, 0.2) is 0 Å². The molecule has 0 aliphatic rings. The van der Waals surface area contributed by atoms with Gasteiger partial charge in [-0.1, -0.05) is 0 Å². The van der Waals surface area contributed by atoms with E-state index in [1.54, 1.807) is 0 Å². The van der Waals surface area contributed by atoms with Gasteiger partial charge >= 0.3 is 0 Å². The fourth-order valence-electron chi connectivity index (χ4n) is 0.206. The van der Waals surface area contributed by atoms with Crippen molar-refractivity contribution in [3.05, 3.63) is 0 Å². The number of rotatable bonds is 3. The van der Waals surface area contributed by atoms with E-state index in [4.69, 9.17) is 0 Å². The smallest absolute Gasteiger partial charge is 0.0894 e. The van der Waals surface area contributed by atoms with Crippen LogP contribution in [0.2, 0.25) is 0 Å². The molecular weight excluding hydrogens is 99.1 g/mol. The summed E-state index contributed by atoms with van der Waals surface area (Å²) >= 11 is 3.89. The van der Waals surface area contributed by atoms with Gasteiger partial charge < -0.3 is 0 Å². The third kappa shape index (κ3) is 4.28. The van der Waals surface area contributed by atoms with Crippen LogP contribution >= 0.6 is 12.6 Å². The molecule has 0 spiro atoms. The van der Waals surface area contributed by atoms with E-state index in [0.717, 1.165) is 12.2 Å². The molecule has 0 N–H and O–H groups in total. The molecule has 0 nitrogen and oxygen atoms in total. The maximum Gasteiger partial charge on any atom is 0.0894 e. The van der Waals surface area contributed by atoms with Crippen LogP contribution in [-0.2, 0) is 0 Å². The van der Waals surface area contributed by atoms with Gasteiger partial charge in [0.05, 0.1) is 6.67 Å². The number of hydrogen-bond acceptors (Lipinski definition) is 1. The lowest BCUT2D eigenvalue weighted by Gasteiger charge is -1.83. The molecule has 0 fully saturated rings. The minimum Gasteiger partial charge on any atom is -0.251 e. The highest BCUT2D eigenvalue weighted by atomic mass is 32.1. The van der Waals surface area contributed by atoms with Crippen molar-refractivity contribution in [3.63, 3.8) is 0 Å². The van der Waals surface area contributed by atoms with Crippen LogP contribution in [0, 0.1) is 0 Å². The molecule has 0 aromatic heterocycles. The summed E-state index contributed by atoms with van der Waals surface area (Å²) in [5.74, 6) is 0.809. The SMILES string of the molecule is FCCCCS. The summed E-state index contributed by atoms with van der Waals surface area (Å²) < 4.78 is 11.1. The molecule has 0 atom stereocenters. The van der Waals surface area contributed by atoms with Gasteiger partial charge in [-0.2, -0.15) is 12.6 Å². The highest BCUT2D eigenvalue weighted by molar-refractivity contribution is 7.80. The van der Waals surface area contributed by atoms with Crippen molar-refractivity contribution in [3.8, 4) is 0 Å². The molecule has 0 saturated carbocycles. The van der Waals surface area contributed by atoms with Crippen molar-refractivity contribution in [1.29, 1.82) is 0 Å². The first kappa shape index (κ1) is 6.28. The Morgan fingerprint density at radius 2 is 2.00 bits per heavy atom. The summed E-state index contributed by atoms with van der Waals surface area (Å²) in [5.41, 5.74) is 0. The van der Waals surface area contributed by atoms with E-state index in [0.29, 0.717) is 6.42 Å². The minimum absolute atomic E-state index is 0.194. The van der Waals surface area contributed by atoms with Gasteiger partial charge in [0.25, 0.3) is 0 Å². The van der Waals surface area contributed by atoms with Gasteiger partial charge in [0, 0.05) is 0 Å². The van der Waals surface area contributed by atoms with E-state index in [2.05, 4.69) is 12.6 Å². The van der Waals surface area contributed by atoms with E-state index < -0.39 is 0 Å². The third-order valence-corrected chi connectivity index (χ3v) is 0.858. The highest BCUT2D eigenvalue weighted by Crippen LogP contribution is 1.89. The Bertz CT molecular complexity index is 19.5. The van der Waals surface area contributed by atoms with Crippen LogP contribution in [0.3, 0.4) is 0 Å². The van der Waals surface area contributed by atoms with E-state index in [1.807, 2.05) is 0 Å². The lowest BCUT2D eigenvalue weighted by molar-refractivity contribution is 0.470. The van der Waals surface area contributed by atoms with Crippen molar-refractivity contribution in [1.82, 2.24) is 0 Å². The average Bonchev–Trinajstić information content (AvgIpc) is 1.61. The van der Waals surface area contributed by atoms with Gasteiger partial charge in [-0.15, -0.1) is 0 Å². The summed E-state index contributed by atoms with van der Waals surface area (Å²) in [4.78, 5) is 0. The van der Waals surface area contributed by atoms with Crippen molar-refractivity contribution in [2.45, 2.75) is 12.8 Å². The number of unbranched alkanes of at least 4 members (excludes halogenated alkanes) is 1. The number of hydrogen-bond donors (Lipinski definition) is 1. The molecule has 0 aromatic rings. The molecule has 0 heterocycles. The van der Waals surface area contributed by atoms with Gasteiger partial charge in [0.1, 0.15) is 0 Å². The Balaban J connectivity index is 2.34. The highest BCUT2D eigenvalue weighted by Gasteiger charge is 1.78. The van der Waals surface area contributed by atoms with Crippen LogP contribution in [0.4, 0.5) is 4.39 Å². The molecule has 2 heteroatoms. The van der Waals surface area contributed by atoms with Crippen LogP contribution in [0.25, 0.3) is 0 Å². The predicted molar refractivity (Wildman–Crippen MR) is 29.1 cm³/mol. The van der Waals surface area contributed by atoms with Gasteiger partial charge in [-0.05, 0) is 18.6 Å². The first-order valence-electron chi connectivity index (χ1n) is 2.08. The zero-order chi connectivity index (χ0) is 4.83. The van der Waals surface area contributed by atoms with E-state index >= 15 is 0 Å². The molecule has 0 aliphatic carbocycles. The molecule has 0 aromatic carbocycles. The molecule has 0 aliphatic heterocycles. The summed E-state index contributed by atoms with van der Waals surface area (Å²) in [6.07, 6.45) is 1.57. The van der Waals surface area contributed by atoms with Crippen LogP contribution in [0.15, 0.2) is 0 Å². The zero-order valence-corrected chi connectivity index (χ0v) is 4.55. The third-order valence-electron chi connectivity index (χ3n) is 0.542. The fourth-order valence-corrected chi connectivity index (χ4v) is 0.430. The van der Waals surface area contributed by atoms with Crippen LogP contribution in [-0.4, -0.2) is 12.4 Å². The molecule has 0 saturated heterocycles. The second-order valence-electron chi connectivity index (χ2n) is 1.12. The first-order valence-corrected chi connectivity index (χ1v) is 2.72. The Kier molecular flexibility index (Phi) is 5.53. The van der Waals surface area contributed by atoms with Crippen LogP contribution in [0.1, 0.15) is 12.8 Å². The topological polar surface area (TPSA) is 0 Å². The number of halogens is 1. The maximum absolute atomic E-state index is 11.1. The minimum atomic E-state index is -0.194. The van der Waals surface area contributed by atoms with Crippen molar-refractivity contribution < 1.29 is 4.39 Å². The summed E-state index contributed by atoms with van der Waals surface area (Å²) in [5, 5.41) is 0. The second kappa shape index (κ2) is 5.28. The molecule has 0 radical (unpaired) electrons. The molecule has 0 rings (SSSR count). The second-order valence-corrected chi connectivity index (χ2v) is 1.57. The van der Waals surface area contributed by atoms with E-state index in [-0.39, 0.29) is 6.67 Å². The van der Waals surface area contributed by atoms with Crippen LogP contribution in [0.5, 0.6) is 0 Å².